The molecule has 5 nitrogen and oxygen atoms in total. The van der Waals surface area contributed by atoms with Gasteiger partial charge in [-0.2, -0.15) is 0 Å². The molecule has 1 fully saturated rings. The maximum atomic E-state index is 12.9. The Balaban J connectivity index is 1.47. The van der Waals surface area contributed by atoms with Gasteiger partial charge in [-0.3, -0.25) is 4.79 Å². The van der Waals surface area contributed by atoms with E-state index in [-0.39, 0.29) is 24.6 Å². The van der Waals surface area contributed by atoms with Crippen LogP contribution in [0.15, 0.2) is 78.9 Å². The van der Waals surface area contributed by atoms with E-state index in [1.54, 1.807) is 41.3 Å². The van der Waals surface area contributed by atoms with Crippen molar-refractivity contribution in [3.05, 3.63) is 90.0 Å². The number of phenols is 1. The van der Waals surface area contributed by atoms with Gasteiger partial charge in [0.2, 0.25) is 0 Å². The molecule has 0 unspecified atom stereocenters. The minimum atomic E-state index is -1.35. The van der Waals surface area contributed by atoms with Crippen molar-refractivity contribution in [1.29, 1.82) is 0 Å². The van der Waals surface area contributed by atoms with E-state index < -0.39 is 11.7 Å². The molecule has 1 heterocycles. The Kier molecular flexibility index (Phi) is 5.09. The maximum absolute atomic E-state index is 12.9. The van der Waals surface area contributed by atoms with Crippen molar-refractivity contribution in [3.63, 3.8) is 0 Å². The first-order chi connectivity index (χ1) is 14.0. The summed E-state index contributed by atoms with van der Waals surface area (Å²) < 4.78 is 0. The molecule has 0 aliphatic carbocycles. The van der Waals surface area contributed by atoms with E-state index in [0.717, 1.165) is 11.1 Å². The van der Waals surface area contributed by atoms with Gasteiger partial charge in [-0.05, 0) is 41.0 Å². The zero-order valence-corrected chi connectivity index (χ0v) is 15.9. The lowest BCUT2D eigenvalue weighted by Crippen LogP contribution is -2.55. The largest absolute Gasteiger partial charge is 0.508 e. The summed E-state index contributed by atoms with van der Waals surface area (Å²) in [5.74, 6) is 0.0380. The summed E-state index contributed by atoms with van der Waals surface area (Å²) >= 11 is 0. The molecule has 0 saturated carbocycles. The summed E-state index contributed by atoms with van der Waals surface area (Å²) in [6.07, 6.45) is -0.783. The molecule has 2 atom stereocenters. The molecule has 1 aliphatic rings. The van der Waals surface area contributed by atoms with Crippen LogP contribution >= 0.6 is 0 Å². The lowest BCUT2D eigenvalue weighted by Gasteiger charge is -2.42. The third-order valence-electron chi connectivity index (χ3n) is 5.60. The van der Waals surface area contributed by atoms with Crippen LogP contribution in [0.5, 0.6) is 5.75 Å². The predicted molar refractivity (Wildman–Crippen MR) is 110 cm³/mol. The van der Waals surface area contributed by atoms with Crippen molar-refractivity contribution in [3.8, 4) is 16.9 Å². The SMILES string of the molecule is O=C(c1ccc(-c2ccc(O)cc2)cc1)N1CC[C@](O)(c2ccccc2)[C@@H](O)C1. The smallest absolute Gasteiger partial charge is 0.253 e. The number of nitrogens with zero attached hydrogens (tertiary/aromatic N) is 1. The second-order valence-corrected chi connectivity index (χ2v) is 7.43. The molecule has 1 aliphatic heterocycles. The first kappa shape index (κ1) is 19.2. The molecule has 3 aromatic rings. The molecule has 5 heteroatoms. The minimum absolute atomic E-state index is 0.0734. The van der Waals surface area contributed by atoms with Crippen LogP contribution in [-0.4, -0.2) is 45.3 Å². The fourth-order valence-corrected chi connectivity index (χ4v) is 3.81. The Morgan fingerprint density at radius 2 is 1.48 bits per heavy atom. The Hall–Kier alpha value is -3.15. The number of rotatable bonds is 3. The lowest BCUT2D eigenvalue weighted by molar-refractivity contribution is -0.118. The Morgan fingerprint density at radius 1 is 0.897 bits per heavy atom. The van der Waals surface area contributed by atoms with Crippen LogP contribution in [0.3, 0.4) is 0 Å². The molecule has 148 valence electrons. The summed E-state index contributed by atoms with van der Waals surface area (Å²) in [6.45, 7) is 0.435. The highest BCUT2D eigenvalue weighted by Crippen LogP contribution is 2.33. The van der Waals surface area contributed by atoms with E-state index in [0.29, 0.717) is 17.7 Å². The van der Waals surface area contributed by atoms with Gasteiger partial charge in [-0.15, -0.1) is 0 Å². The third-order valence-corrected chi connectivity index (χ3v) is 5.60. The van der Waals surface area contributed by atoms with E-state index in [9.17, 15) is 20.1 Å². The summed E-state index contributed by atoms with van der Waals surface area (Å²) in [6, 6.07) is 23.2. The molecular weight excluding hydrogens is 366 g/mol. The Morgan fingerprint density at radius 3 is 2.07 bits per heavy atom. The summed E-state index contributed by atoms with van der Waals surface area (Å²) in [5.41, 5.74) is 1.74. The number of aromatic hydroxyl groups is 1. The van der Waals surface area contributed by atoms with Gasteiger partial charge >= 0.3 is 0 Å². The van der Waals surface area contributed by atoms with Crippen molar-refractivity contribution < 1.29 is 20.1 Å². The minimum Gasteiger partial charge on any atom is -0.508 e. The van der Waals surface area contributed by atoms with E-state index in [1.165, 1.54) is 0 Å². The van der Waals surface area contributed by atoms with Gasteiger partial charge in [0, 0.05) is 18.5 Å². The molecule has 0 radical (unpaired) electrons. The maximum Gasteiger partial charge on any atom is 0.253 e. The molecular formula is C24H23NO4. The van der Waals surface area contributed by atoms with Crippen LogP contribution in [-0.2, 0) is 5.60 Å². The van der Waals surface area contributed by atoms with Crippen LogP contribution in [0.4, 0.5) is 0 Å². The van der Waals surface area contributed by atoms with Crippen molar-refractivity contribution in [2.45, 2.75) is 18.1 Å². The van der Waals surface area contributed by atoms with Crippen molar-refractivity contribution in [2.24, 2.45) is 0 Å². The normalized spacial score (nSPS) is 21.7. The lowest BCUT2D eigenvalue weighted by atomic mass is 9.82. The molecule has 4 rings (SSSR count). The molecule has 0 bridgehead atoms. The average molecular weight is 389 g/mol. The van der Waals surface area contributed by atoms with Crippen molar-refractivity contribution >= 4 is 5.91 Å². The summed E-state index contributed by atoms with van der Waals surface area (Å²) in [5, 5.41) is 31.0. The zero-order chi connectivity index (χ0) is 20.4. The molecule has 29 heavy (non-hydrogen) atoms. The second-order valence-electron chi connectivity index (χ2n) is 7.43. The number of β-amino-alcohol motifs (C(OH)–C–C–N with tert-alkyl or cyclic N) is 1. The number of amides is 1. The van der Waals surface area contributed by atoms with Crippen LogP contribution < -0.4 is 0 Å². The van der Waals surface area contributed by atoms with Gasteiger partial charge in [0.05, 0.1) is 6.54 Å². The van der Waals surface area contributed by atoms with Gasteiger partial charge in [0.25, 0.3) is 5.91 Å². The number of carbonyl (C=O) groups excluding carboxylic acids is 1. The van der Waals surface area contributed by atoms with Crippen LogP contribution in [0.25, 0.3) is 11.1 Å². The first-order valence-corrected chi connectivity index (χ1v) is 9.62. The summed E-state index contributed by atoms with van der Waals surface area (Å²) in [4.78, 5) is 14.5. The molecule has 0 aromatic heterocycles. The average Bonchev–Trinajstić information content (AvgIpc) is 2.76. The number of hydrogen-bond acceptors (Lipinski definition) is 4. The highest BCUT2D eigenvalue weighted by molar-refractivity contribution is 5.94. The van der Waals surface area contributed by atoms with E-state index >= 15 is 0 Å². The molecule has 3 N–H and O–H groups in total. The third kappa shape index (κ3) is 3.75. The van der Waals surface area contributed by atoms with Gasteiger partial charge in [-0.1, -0.05) is 54.6 Å². The predicted octanol–water partition coefficient (Wildman–Crippen LogP) is 3.15. The van der Waals surface area contributed by atoms with Gasteiger partial charge in [0.15, 0.2) is 0 Å². The highest BCUT2D eigenvalue weighted by atomic mass is 16.3. The number of aliphatic hydroxyl groups is 2. The number of aliphatic hydroxyl groups excluding tert-OH is 1. The number of likely N-dealkylation sites (tertiary alicyclic amines) is 1. The number of carbonyl (C=O) groups is 1. The fraction of sp³-hybridized carbons (Fsp3) is 0.208. The molecule has 0 spiro atoms. The standard InChI is InChI=1S/C24H23NO4/c26-21-12-10-18(11-13-21)17-6-8-19(9-7-17)23(28)25-15-14-24(29,22(27)16-25)20-4-2-1-3-5-20/h1-13,22,26-27,29H,14-16H2/t22-,24-/m0/s1. The van der Waals surface area contributed by atoms with E-state index in [4.69, 9.17) is 0 Å². The molecule has 1 amide bonds. The van der Waals surface area contributed by atoms with Gasteiger partial charge < -0.3 is 20.2 Å². The van der Waals surface area contributed by atoms with E-state index in [1.807, 2.05) is 42.5 Å². The Bertz CT molecular complexity index is 986. The van der Waals surface area contributed by atoms with Crippen molar-refractivity contribution in [2.75, 3.05) is 13.1 Å². The zero-order valence-electron chi connectivity index (χ0n) is 15.9. The van der Waals surface area contributed by atoms with Gasteiger partial charge in [0.1, 0.15) is 17.5 Å². The summed E-state index contributed by atoms with van der Waals surface area (Å²) in [7, 11) is 0. The van der Waals surface area contributed by atoms with Crippen LogP contribution in [0.2, 0.25) is 0 Å². The monoisotopic (exact) mass is 389 g/mol. The number of hydrogen-bond donors (Lipinski definition) is 3. The topological polar surface area (TPSA) is 81.0 Å². The van der Waals surface area contributed by atoms with Gasteiger partial charge in [-0.25, -0.2) is 0 Å². The highest BCUT2D eigenvalue weighted by Gasteiger charge is 2.43. The quantitative estimate of drug-likeness (QED) is 0.643. The number of piperidine rings is 1. The van der Waals surface area contributed by atoms with E-state index in [2.05, 4.69) is 0 Å². The number of benzene rings is 3. The second kappa shape index (κ2) is 7.70. The van der Waals surface area contributed by atoms with Crippen LogP contribution in [0, 0.1) is 0 Å². The number of phenolic OH excluding ortho intramolecular Hbond substituents is 1. The Labute approximate surface area is 169 Å². The molecule has 1 saturated heterocycles. The fourth-order valence-electron chi connectivity index (χ4n) is 3.81. The molecule has 3 aromatic carbocycles. The first-order valence-electron chi connectivity index (χ1n) is 9.62. The van der Waals surface area contributed by atoms with Crippen LogP contribution in [0.1, 0.15) is 22.3 Å². The van der Waals surface area contributed by atoms with Crippen molar-refractivity contribution in [1.82, 2.24) is 4.90 Å².